The number of nitrogens with zero attached hydrogens (tertiary/aromatic N) is 2. The number of aliphatic imine (C=N–C) groups is 1. The average molecular weight is 374 g/mol. The van der Waals surface area contributed by atoms with Gasteiger partial charge in [0.15, 0.2) is 5.17 Å². The molecule has 0 aliphatic carbocycles. The van der Waals surface area contributed by atoms with Crippen LogP contribution in [0.3, 0.4) is 0 Å². The van der Waals surface area contributed by atoms with E-state index in [-0.39, 0.29) is 5.91 Å². The zero-order valence-corrected chi connectivity index (χ0v) is 15.8. The van der Waals surface area contributed by atoms with Gasteiger partial charge in [-0.1, -0.05) is 42.1 Å². The molecule has 138 valence electrons. The van der Waals surface area contributed by atoms with Gasteiger partial charge in [0.2, 0.25) is 5.91 Å². The van der Waals surface area contributed by atoms with Crippen molar-refractivity contribution in [1.82, 2.24) is 15.8 Å². The Morgan fingerprint density at radius 1 is 1.31 bits per heavy atom. The minimum atomic E-state index is -0.488. The van der Waals surface area contributed by atoms with Crippen LogP contribution in [-0.2, 0) is 20.1 Å². The Kier molecular flexibility index (Phi) is 5.51. The number of hydrogen-bond acceptors (Lipinski definition) is 7. The molecule has 26 heavy (non-hydrogen) atoms. The Balaban J connectivity index is 1.84. The lowest BCUT2D eigenvalue weighted by Crippen LogP contribution is -2.61. The van der Waals surface area contributed by atoms with Crippen LogP contribution < -0.4 is 10.7 Å². The number of hydrogen-bond donors (Lipinski definition) is 2. The van der Waals surface area contributed by atoms with E-state index < -0.39 is 18.2 Å². The van der Waals surface area contributed by atoms with E-state index in [9.17, 15) is 9.59 Å². The highest BCUT2D eigenvalue weighted by atomic mass is 32.2. The first-order chi connectivity index (χ1) is 12.5. The minimum Gasteiger partial charge on any atom is -0.463 e. The van der Waals surface area contributed by atoms with Crippen molar-refractivity contribution in [1.29, 1.82) is 0 Å². The maximum atomic E-state index is 12.4. The molecule has 2 atom stereocenters. The van der Waals surface area contributed by atoms with E-state index in [1.54, 1.807) is 13.8 Å². The smallest absolute Gasteiger partial charge is 0.338 e. The van der Waals surface area contributed by atoms with Crippen LogP contribution in [0.15, 0.2) is 46.6 Å². The molecule has 0 saturated heterocycles. The van der Waals surface area contributed by atoms with Crippen molar-refractivity contribution in [2.24, 2.45) is 4.99 Å². The lowest BCUT2D eigenvalue weighted by Gasteiger charge is -2.36. The fraction of sp³-hybridized carbons (Fsp3) is 0.389. The normalized spacial score (nSPS) is 21.5. The number of rotatable bonds is 4. The molecule has 2 aliphatic rings. The van der Waals surface area contributed by atoms with E-state index in [2.05, 4.69) is 15.7 Å². The number of ether oxygens (including phenoxy) is 1. The van der Waals surface area contributed by atoms with Gasteiger partial charge >= 0.3 is 5.97 Å². The lowest BCUT2D eigenvalue weighted by atomic mass is 10.1. The third-order valence-corrected chi connectivity index (χ3v) is 5.11. The van der Waals surface area contributed by atoms with Crippen LogP contribution in [0.2, 0.25) is 0 Å². The summed E-state index contributed by atoms with van der Waals surface area (Å²) in [6.07, 6.45) is -0.437. The number of amidine groups is 1. The zero-order valence-electron chi connectivity index (χ0n) is 15.0. The van der Waals surface area contributed by atoms with E-state index in [0.717, 1.165) is 5.56 Å². The number of esters is 1. The molecule has 2 heterocycles. The van der Waals surface area contributed by atoms with Crippen molar-refractivity contribution >= 4 is 28.8 Å². The molecule has 1 aromatic carbocycles. The highest BCUT2D eigenvalue weighted by Gasteiger charge is 2.44. The second-order valence-corrected chi connectivity index (χ2v) is 6.97. The van der Waals surface area contributed by atoms with Crippen molar-refractivity contribution in [3.8, 4) is 0 Å². The number of carbonyl (C=O) groups is 2. The second kappa shape index (κ2) is 7.82. The lowest BCUT2D eigenvalue weighted by molar-refractivity contribution is -0.140. The number of allylic oxidation sites excluding steroid dienone is 1. The van der Waals surface area contributed by atoms with Gasteiger partial charge in [0.25, 0.3) is 0 Å². The average Bonchev–Trinajstić information content (AvgIpc) is 2.96. The Hall–Kier alpha value is -2.48. The quantitative estimate of drug-likeness (QED) is 0.782. The molecule has 1 amide bonds. The van der Waals surface area contributed by atoms with Crippen LogP contribution in [0.4, 0.5) is 0 Å². The van der Waals surface area contributed by atoms with Gasteiger partial charge in [-0.05, 0) is 19.4 Å². The molecule has 0 radical (unpaired) electrons. The summed E-state index contributed by atoms with van der Waals surface area (Å²) in [5.41, 5.74) is 5.37. The molecule has 8 heteroatoms. The maximum Gasteiger partial charge on any atom is 0.338 e. The van der Waals surface area contributed by atoms with Crippen LogP contribution in [0, 0.1) is 0 Å². The van der Waals surface area contributed by atoms with Gasteiger partial charge in [-0.2, -0.15) is 0 Å². The Morgan fingerprint density at radius 2 is 2.04 bits per heavy atom. The Morgan fingerprint density at radius 3 is 2.69 bits per heavy atom. The first kappa shape index (κ1) is 18.3. The molecule has 0 spiro atoms. The minimum absolute atomic E-state index is 0.155. The number of carbonyl (C=O) groups excluding carboxylic acids is 2. The summed E-state index contributed by atoms with van der Waals surface area (Å²) >= 11 is 1.49. The topological polar surface area (TPSA) is 83.0 Å². The fourth-order valence-corrected chi connectivity index (χ4v) is 3.83. The summed E-state index contributed by atoms with van der Waals surface area (Å²) in [4.78, 5) is 29.1. The van der Waals surface area contributed by atoms with Gasteiger partial charge < -0.3 is 10.1 Å². The van der Waals surface area contributed by atoms with Crippen LogP contribution in [0.5, 0.6) is 0 Å². The first-order valence-electron chi connectivity index (χ1n) is 8.46. The van der Waals surface area contributed by atoms with Crippen molar-refractivity contribution in [3.05, 3.63) is 47.2 Å². The zero-order chi connectivity index (χ0) is 18.7. The van der Waals surface area contributed by atoms with Crippen LogP contribution in [0.25, 0.3) is 0 Å². The molecule has 0 aromatic heterocycles. The second-order valence-electron chi connectivity index (χ2n) is 6.00. The third kappa shape index (κ3) is 3.70. The van der Waals surface area contributed by atoms with E-state index in [0.29, 0.717) is 28.8 Å². The summed E-state index contributed by atoms with van der Waals surface area (Å²) in [7, 11) is 0. The molecule has 1 aromatic rings. The van der Waals surface area contributed by atoms with Crippen LogP contribution in [-0.4, -0.2) is 40.9 Å². The number of amides is 1. The van der Waals surface area contributed by atoms with Crippen LogP contribution >= 0.6 is 11.8 Å². The molecule has 0 bridgehead atoms. The molecule has 3 rings (SSSR count). The van der Waals surface area contributed by atoms with Crippen molar-refractivity contribution in [3.63, 3.8) is 0 Å². The van der Waals surface area contributed by atoms with E-state index in [1.165, 1.54) is 23.7 Å². The number of nitrogens with one attached hydrogen (secondary N) is 2. The van der Waals surface area contributed by atoms with Crippen molar-refractivity contribution in [2.75, 3.05) is 6.61 Å². The first-order valence-corrected chi connectivity index (χ1v) is 9.45. The standard InChI is InChI=1S/C18H22N4O3S/c1-4-25-17(24)14-11(2)19-16-15(14)20-18(21-22(16)12(3)23)26-10-13-8-6-5-7-9-13/h5-9,15-16,19H,4,10H2,1-3H3,(H,20,21)/t15-,16-/m1/s1. The molecule has 0 fully saturated rings. The number of fused-ring (bicyclic) bond motifs is 1. The largest absolute Gasteiger partial charge is 0.463 e. The fourth-order valence-electron chi connectivity index (χ4n) is 2.98. The van der Waals surface area contributed by atoms with E-state index >= 15 is 0 Å². The summed E-state index contributed by atoms with van der Waals surface area (Å²) in [6, 6.07) is 9.51. The molecular weight excluding hydrogens is 352 g/mol. The summed E-state index contributed by atoms with van der Waals surface area (Å²) < 4.78 is 5.17. The summed E-state index contributed by atoms with van der Waals surface area (Å²) in [5.74, 6) is 0.158. The monoisotopic (exact) mass is 374 g/mol. The number of benzene rings is 1. The van der Waals surface area contributed by atoms with Crippen molar-refractivity contribution in [2.45, 2.75) is 38.7 Å². The van der Waals surface area contributed by atoms with Crippen molar-refractivity contribution < 1.29 is 14.3 Å². The molecular formula is C18H22N4O3S. The third-order valence-electron chi connectivity index (χ3n) is 4.17. The van der Waals surface area contributed by atoms with Gasteiger partial charge in [-0.15, -0.1) is 0 Å². The highest BCUT2D eigenvalue weighted by molar-refractivity contribution is 8.13. The predicted molar refractivity (Wildman–Crippen MR) is 101 cm³/mol. The van der Waals surface area contributed by atoms with Crippen LogP contribution in [0.1, 0.15) is 26.3 Å². The highest BCUT2D eigenvalue weighted by Crippen LogP contribution is 2.29. The summed E-state index contributed by atoms with van der Waals surface area (Å²) in [5, 5.41) is 5.26. The molecule has 7 nitrogen and oxygen atoms in total. The van der Waals surface area contributed by atoms with Gasteiger partial charge in [0, 0.05) is 18.4 Å². The maximum absolute atomic E-state index is 12.4. The van der Waals surface area contributed by atoms with Gasteiger partial charge in [0.1, 0.15) is 12.2 Å². The Bertz CT molecular complexity index is 763. The molecule has 0 unspecified atom stereocenters. The predicted octanol–water partition coefficient (Wildman–Crippen LogP) is 1.78. The van der Waals surface area contributed by atoms with Gasteiger partial charge in [-0.25, -0.2) is 14.8 Å². The van der Waals surface area contributed by atoms with Gasteiger partial charge in [-0.3, -0.25) is 10.2 Å². The SMILES string of the molecule is CCOC(=O)C1=C(C)N[C@H]2[C@@H]1N=C(SCc1ccccc1)NN2C(C)=O. The Labute approximate surface area is 156 Å². The molecule has 2 aliphatic heterocycles. The van der Waals surface area contributed by atoms with E-state index in [1.807, 2.05) is 30.3 Å². The molecule has 2 N–H and O–H groups in total. The van der Waals surface area contributed by atoms with Gasteiger partial charge in [0.05, 0.1) is 12.2 Å². The summed E-state index contributed by atoms with van der Waals surface area (Å²) in [6.45, 7) is 5.34. The molecule has 0 saturated carbocycles. The number of thioether (sulfide) groups is 1. The van der Waals surface area contributed by atoms with E-state index in [4.69, 9.17) is 4.74 Å². The number of hydrazine groups is 1.